The minimum absolute atomic E-state index is 0.145. The van der Waals surface area contributed by atoms with Gasteiger partial charge in [0.25, 0.3) is 0 Å². The molecule has 2 heterocycles. The van der Waals surface area contributed by atoms with Gasteiger partial charge in [0.05, 0.1) is 18.8 Å². The van der Waals surface area contributed by atoms with E-state index in [4.69, 9.17) is 14.2 Å². The molecular weight excluding hydrogens is 228 g/mol. The molecule has 3 saturated carbocycles. The summed E-state index contributed by atoms with van der Waals surface area (Å²) in [6.45, 7) is 1.58. The highest BCUT2D eigenvalue weighted by Gasteiger charge is 2.82. The van der Waals surface area contributed by atoms with Crippen LogP contribution in [0.25, 0.3) is 0 Å². The smallest absolute Gasteiger partial charge is 0.177 e. The van der Waals surface area contributed by atoms with E-state index in [-0.39, 0.29) is 17.0 Å². The third-order valence-electron chi connectivity index (χ3n) is 6.46. The van der Waals surface area contributed by atoms with Crippen molar-refractivity contribution in [2.24, 2.45) is 11.8 Å². The third-order valence-corrected chi connectivity index (χ3v) is 6.46. The van der Waals surface area contributed by atoms with Gasteiger partial charge in [-0.3, -0.25) is 0 Å². The van der Waals surface area contributed by atoms with Crippen LogP contribution in [-0.4, -0.2) is 30.2 Å². The average Bonchev–Trinajstić information content (AvgIpc) is 2.82. The second kappa shape index (κ2) is 3.13. The Bertz CT molecular complexity index is 389. The summed E-state index contributed by atoms with van der Waals surface area (Å²) in [6, 6.07) is 0. The Morgan fingerprint density at radius 1 is 0.889 bits per heavy atom. The molecule has 2 aliphatic heterocycles. The highest BCUT2D eigenvalue weighted by molar-refractivity contribution is 5.28. The molecule has 0 aromatic heterocycles. The summed E-state index contributed by atoms with van der Waals surface area (Å²) in [4.78, 5) is 0. The van der Waals surface area contributed by atoms with E-state index in [9.17, 15) is 0 Å². The van der Waals surface area contributed by atoms with Gasteiger partial charge >= 0.3 is 0 Å². The lowest BCUT2D eigenvalue weighted by Gasteiger charge is -2.53. The summed E-state index contributed by atoms with van der Waals surface area (Å²) < 4.78 is 18.8. The van der Waals surface area contributed by atoms with E-state index in [1.807, 2.05) is 0 Å². The van der Waals surface area contributed by atoms with E-state index < -0.39 is 0 Å². The van der Waals surface area contributed by atoms with Crippen molar-refractivity contribution in [3.05, 3.63) is 0 Å². The lowest BCUT2D eigenvalue weighted by atomic mass is 9.55. The number of hydrogen-bond donors (Lipinski definition) is 0. The normalized spacial score (nSPS) is 56.0. The molecule has 0 aromatic rings. The molecule has 0 unspecified atom stereocenters. The second-order valence-electron chi connectivity index (χ2n) is 7.00. The van der Waals surface area contributed by atoms with Gasteiger partial charge in [-0.1, -0.05) is 19.3 Å². The minimum atomic E-state index is -0.254. The van der Waals surface area contributed by atoms with Crippen LogP contribution < -0.4 is 0 Å². The Labute approximate surface area is 108 Å². The molecule has 2 bridgehead atoms. The van der Waals surface area contributed by atoms with E-state index in [1.54, 1.807) is 0 Å². The van der Waals surface area contributed by atoms with Gasteiger partial charge in [0.2, 0.25) is 0 Å². The zero-order valence-electron chi connectivity index (χ0n) is 11.0. The molecule has 5 rings (SSSR count). The maximum Gasteiger partial charge on any atom is 0.177 e. The lowest BCUT2D eigenvalue weighted by molar-refractivity contribution is -0.270. The SMILES string of the molecule is C1C[C@@H]2C[C@]34CCCC[C@]3(O4)[C@H](C1)C21OCCO1. The van der Waals surface area contributed by atoms with Gasteiger partial charge in [0.15, 0.2) is 5.79 Å². The standard InChI is InChI=1S/C15H22O3/c1-2-7-14-12-5-3-4-11(10-13(14,6-1)18-14)15(12)16-8-9-17-15/h11-12H,1-10H2/t11-,12+,13-,14+/m1/s1. The maximum absolute atomic E-state index is 6.45. The van der Waals surface area contributed by atoms with E-state index in [2.05, 4.69) is 0 Å². The molecule has 3 heteroatoms. The van der Waals surface area contributed by atoms with E-state index in [1.165, 1.54) is 51.4 Å². The van der Waals surface area contributed by atoms with E-state index in [0.717, 1.165) is 13.2 Å². The Kier molecular flexibility index (Phi) is 1.85. The predicted octanol–water partition coefficient (Wildman–Crippen LogP) is 2.63. The first-order chi connectivity index (χ1) is 8.82. The molecule has 4 atom stereocenters. The molecule has 100 valence electrons. The monoisotopic (exact) mass is 250 g/mol. The number of epoxide rings is 1. The van der Waals surface area contributed by atoms with Crippen molar-refractivity contribution >= 4 is 0 Å². The summed E-state index contributed by atoms with van der Waals surface area (Å²) in [5.41, 5.74) is 0.383. The van der Waals surface area contributed by atoms with Crippen LogP contribution in [0.4, 0.5) is 0 Å². The molecule has 2 saturated heterocycles. The van der Waals surface area contributed by atoms with E-state index >= 15 is 0 Å². The quantitative estimate of drug-likeness (QED) is 0.619. The predicted molar refractivity (Wildman–Crippen MR) is 65.1 cm³/mol. The van der Waals surface area contributed by atoms with Crippen LogP contribution in [0.15, 0.2) is 0 Å². The van der Waals surface area contributed by atoms with Crippen molar-refractivity contribution in [2.75, 3.05) is 13.2 Å². The lowest BCUT2D eigenvalue weighted by Crippen LogP contribution is -2.61. The molecule has 0 aromatic carbocycles. The maximum atomic E-state index is 6.45. The largest absolute Gasteiger partial charge is 0.362 e. The van der Waals surface area contributed by atoms with Crippen molar-refractivity contribution in [1.82, 2.24) is 0 Å². The minimum Gasteiger partial charge on any atom is -0.362 e. The average molecular weight is 250 g/mol. The van der Waals surface area contributed by atoms with Crippen LogP contribution in [0.5, 0.6) is 0 Å². The molecule has 1 spiro atoms. The molecule has 5 fully saturated rings. The second-order valence-corrected chi connectivity index (χ2v) is 7.00. The van der Waals surface area contributed by atoms with E-state index in [0.29, 0.717) is 11.8 Å². The summed E-state index contributed by atoms with van der Waals surface area (Å²) in [7, 11) is 0. The molecule has 3 nitrogen and oxygen atoms in total. The first-order valence-electron chi connectivity index (χ1n) is 7.80. The van der Waals surface area contributed by atoms with Crippen molar-refractivity contribution in [1.29, 1.82) is 0 Å². The summed E-state index contributed by atoms with van der Waals surface area (Å²) in [6.07, 6.45) is 10.3. The van der Waals surface area contributed by atoms with Crippen LogP contribution >= 0.6 is 0 Å². The molecular formula is C15H22O3. The van der Waals surface area contributed by atoms with Crippen molar-refractivity contribution in [2.45, 2.75) is 68.4 Å². The van der Waals surface area contributed by atoms with Gasteiger partial charge in [0.1, 0.15) is 5.60 Å². The fourth-order valence-corrected chi connectivity index (χ4v) is 5.88. The Morgan fingerprint density at radius 3 is 2.61 bits per heavy atom. The zero-order valence-corrected chi connectivity index (χ0v) is 11.0. The van der Waals surface area contributed by atoms with Gasteiger partial charge in [-0.15, -0.1) is 0 Å². The summed E-state index contributed by atoms with van der Waals surface area (Å²) >= 11 is 0. The number of rotatable bonds is 0. The van der Waals surface area contributed by atoms with Crippen LogP contribution in [0.1, 0.15) is 51.4 Å². The van der Waals surface area contributed by atoms with Crippen LogP contribution in [0, 0.1) is 11.8 Å². The highest BCUT2D eigenvalue weighted by atomic mass is 16.7. The fraction of sp³-hybridized carbons (Fsp3) is 1.00. The molecule has 18 heavy (non-hydrogen) atoms. The number of ether oxygens (including phenoxy) is 3. The molecule has 0 radical (unpaired) electrons. The Balaban J connectivity index is 1.61. The van der Waals surface area contributed by atoms with Crippen molar-refractivity contribution < 1.29 is 14.2 Å². The van der Waals surface area contributed by atoms with Crippen LogP contribution in [-0.2, 0) is 14.2 Å². The zero-order chi connectivity index (χ0) is 11.8. The van der Waals surface area contributed by atoms with Gasteiger partial charge in [0, 0.05) is 11.8 Å². The van der Waals surface area contributed by atoms with Gasteiger partial charge in [-0.05, 0) is 32.1 Å². The molecule has 3 aliphatic carbocycles. The van der Waals surface area contributed by atoms with Crippen molar-refractivity contribution in [3.63, 3.8) is 0 Å². The van der Waals surface area contributed by atoms with Gasteiger partial charge < -0.3 is 14.2 Å². The first kappa shape index (κ1) is 10.6. The fourth-order valence-electron chi connectivity index (χ4n) is 5.88. The molecule has 5 aliphatic rings. The van der Waals surface area contributed by atoms with Crippen LogP contribution in [0.3, 0.4) is 0 Å². The summed E-state index contributed by atoms with van der Waals surface area (Å²) in [5, 5.41) is 0. The highest BCUT2D eigenvalue weighted by Crippen LogP contribution is 2.73. The van der Waals surface area contributed by atoms with Crippen LogP contribution in [0.2, 0.25) is 0 Å². The van der Waals surface area contributed by atoms with Gasteiger partial charge in [-0.25, -0.2) is 0 Å². The number of hydrogen-bond acceptors (Lipinski definition) is 3. The summed E-state index contributed by atoms with van der Waals surface area (Å²) in [5.74, 6) is 0.850. The third kappa shape index (κ3) is 0.981. The Morgan fingerprint density at radius 2 is 1.72 bits per heavy atom. The Hall–Kier alpha value is -0.120. The first-order valence-corrected chi connectivity index (χ1v) is 7.80. The molecule has 0 amide bonds. The van der Waals surface area contributed by atoms with Gasteiger partial charge in [-0.2, -0.15) is 0 Å². The topological polar surface area (TPSA) is 31.0 Å². The molecule has 0 N–H and O–H groups in total. The van der Waals surface area contributed by atoms with Crippen molar-refractivity contribution in [3.8, 4) is 0 Å².